The maximum Gasteiger partial charge on any atom is 0.325 e. The summed E-state index contributed by atoms with van der Waals surface area (Å²) in [6.45, 7) is 4.20. The molecule has 1 amide bonds. The molecule has 1 aromatic heterocycles. The Morgan fingerprint density at radius 1 is 1.53 bits per heavy atom. The molecule has 0 unspecified atom stereocenters. The number of aromatic nitrogens is 2. The molecule has 0 bridgehead atoms. The van der Waals surface area contributed by atoms with Crippen molar-refractivity contribution in [1.82, 2.24) is 9.78 Å². The van der Waals surface area contributed by atoms with Gasteiger partial charge in [-0.15, -0.1) is 0 Å². The number of rotatable bonds is 8. The lowest BCUT2D eigenvalue weighted by molar-refractivity contribution is -0.137. The van der Waals surface area contributed by atoms with Crippen LogP contribution in [0.5, 0.6) is 0 Å². The van der Waals surface area contributed by atoms with Crippen LogP contribution in [0.4, 0.5) is 5.82 Å². The fourth-order valence-corrected chi connectivity index (χ4v) is 1.41. The third kappa shape index (κ3) is 6.56. The zero-order valence-electron chi connectivity index (χ0n) is 11.1. The first kappa shape index (κ1) is 15.2. The van der Waals surface area contributed by atoms with Crippen molar-refractivity contribution < 1.29 is 19.4 Å². The van der Waals surface area contributed by atoms with E-state index in [1.807, 2.05) is 13.8 Å². The molecule has 1 rings (SSSR count). The number of ether oxygens (including phenoxy) is 1. The third-order valence-corrected chi connectivity index (χ3v) is 2.20. The van der Waals surface area contributed by atoms with E-state index in [0.717, 1.165) is 0 Å². The van der Waals surface area contributed by atoms with Gasteiger partial charge < -0.3 is 15.2 Å². The first-order valence-electron chi connectivity index (χ1n) is 6.14. The van der Waals surface area contributed by atoms with Crippen molar-refractivity contribution in [3.8, 4) is 0 Å². The van der Waals surface area contributed by atoms with Gasteiger partial charge in [0.15, 0.2) is 5.82 Å². The first-order chi connectivity index (χ1) is 8.97. The minimum atomic E-state index is -0.980. The summed E-state index contributed by atoms with van der Waals surface area (Å²) in [4.78, 5) is 22.0. The van der Waals surface area contributed by atoms with Crippen molar-refractivity contribution in [3.05, 3.63) is 12.3 Å². The molecule has 0 saturated heterocycles. The van der Waals surface area contributed by atoms with Gasteiger partial charge in [-0.3, -0.25) is 14.3 Å². The molecule has 1 heterocycles. The van der Waals surface area contributed by atoms with Gasteiger partial charge in [0, 0.05) is 25.3 Å². The molecule has 0 aliphatic carbocycles. The number of nitrogens with zero attached hydrogens (tertiary/aromatic N) is 2. The van der Waals surface area contributed by atoms with Crippen LogP contribution >= 0.6 is 0 Å². The predicted molar refractivity (Wildman–Crippen MR) is 68.8 cm³/mol. The van der Waals surface area contributed by atoms with Crippen LogP contribution in [-0.4, -0.2) is 39.5 Å². The van der Waals surface area contributed by atoms with E-state index in [9.17, 15) is 9.59 Å². The Hall–Kier alpha value is -1.89. The van der Waals surface area contributed by atoms with Crippen LogP contribution < -0.4 is 5.32 Å². The van der Waals surface area contributed by atoms with E-state index in [-0.39, 0.29) is 18.6 Å². The lowest BCUT2D eigenvalue weighted by atomic mass is 10.3. The number of aliphatic carboxylic acids is 1. The van der Waals surface area contributed by atoms with E-state index in [2.05, 4.69) is 10.4 Å². The highest BCUT2D eigenvalue weighted by molar-refractivity contribution is 5.89. The SMILES string of the molecule is CC(C)OCCCC(=O)Nc1ccn(CC(=O)O)n1. The Bertz CT molecular complexity index is 428. The normalized spacial score (nSPS) is 10.7. The van der Waals surface area contributed by atoms with Gasteiger partial charge in [-0.05, 0) is 20.3 Å². The van der Waals surface area contributed by atoms with Gasteiger partial charge in [-0.25, -0.2) is 0 Å². The lowest BCUT2D eigenvalue weighted by Gasteiger charge is -2.06. The molecular weight excluding hydrogens is 250 g/mol. The Morgan fingerprint density at radius 2 is 2.26 bits per heavy atom. The smallest absolute Gasteiger partial charge is 0.325 e. The molecule has 0 fully saturated rings. The minimum absolute atomic E-state index is 0.159. The highest BCUT2D eigenvalue weighted by Gasteiger charge is 2.06. The van der Waals surface area contributed by atoms with Crippen molar-refractivity contribution in [1.29, 1.82) is 0 Å². The van der Waals surface area contributed by atoms with Gasteiger partial charge in [-0.2, -0.15) is 5.10 Å². The molecule has 19 heavy (non-hydrogen) atoms. The molecule has 7 heteroatoms. The van der Waals surface area contributed by atoms with Crippen LogP contribution in [0.3, 0.4) is 0 Å². The lowest BCUT2D eigenvalue weighted by Crippen LogP contribution is -2.14. The number of carbonyl (C=O) groups excluding carboxylic acids is 1. The number of carboxylic acids is 1. The van der Waals surface area contributed by atoms with Gasteiger partial charge in [0.05, 0.1) is 6.10 Å². The third-order valence-electron chi connectivity index (χ3n) is 2.20. The summed E-state index contributed by atoms with van der Waals surface area (Å²) in [5, 5.41) is 15.1. The summed E-state index contributed by atoms with van der Waals surface area (Å²) in [5.74, 6) is -0.782. The van der Waals surface area contributed by atoms with E-state index < -0.39 is 5.97 Å². The molecule has 0 radical (unpaired) electrons. The molecule has 0 saturated carbocycles. The summed E-state index contributed by atoms with van der Waals surface area (Å²) < 4.78 is 6.58. The number of hydrogen-bond donors (Lipinski definition) is 2. The van der Waals surface area contributed by atoms with Crippen LogP contribution in [0, 0.1) is 0 Å². The topological polar surface area (TPSA) is 93.5 Å². The molecule has 2 N–H and O–H groups in total. The summed E-state index contributed by atoms with van der Waals surface area (Å²) in [5.41, 5.74) is 0. The largest absolute Gasteiger partial charge is 0.480 e. The fourth-order valence-electron chi connectivity index (χ4n) is 1.41. The zero-order chi connectivity index (χ0) is 14.3. The Kier molecular flexibility index (Phi) is 6.01. The van der Waals surface area contributed by atoms with E-state index >= 15 is 0 Å². The molecule has 1 aromatic rings. The Balaban J connectivity index is 2.28. The van der Waals surface area contributed by atoms with Gasteiger partial charge >= 0.3 is 5.97 Å². The number of carbonyl (C=O) groups is 2. The number of carboxylic acid groups (broad SMARTS) is 1. The molecule has 0 aliphatic rings. The van der Waals surface area contributed by atoms with Crippen molar-refractivity contribution in [3.63, 3.8) is 0 Å². The molecule has 0 aromatic carbocycles. The molecular formula is C12H19N3O4. The molecule has 0 spiro atoms. The van der Waals surface area contributed by atoms with E-state index in [1.165, 1.54) is 10.9 Å². The fraction of sp³-hybridized carbons (Fsp3) is 0.583. The Labute approximate surface area is 111 Å². The highest BCUT2D eigenvalue weighted by atomic mass is 16.5. The second kappa shape index (κ2) is 7.52. The quantitative estimate of drug-likeness (QED) is 0.689. The van der Waals surface area contributed by atoms with Crippen molar-refractivity contribution >= 4 is 17.7 Å². The maximum atomic E-state index is 11.6. The summed E-state index contributed by atoms with van der Waals surface area (Å²) >= 11 is 0. The van der Waals surface area contributed by atoms with Gasteiger partial charge in [0.25, 0.3) is 0 Å². The Morgan fingerprint density at radius 3 is 2.89 bits per heavy atom. The molecule has 106 valence electrons. The maximum absolute atomic E-state index is 11.6. The summed E-state index contributed by atoms with van der Waals surface area (Å²) in [6, 6.07) is 1.56. The van der Waals surface area contributed by atoms with Crippen molar-refractivity contribution in [2.45, 2.75) is 39.3 Å². The van der Waals surface area contributed by atoms with Gasteiger partial charge in [0.1, 0.15) is 6.54 Å². The predicted octanol–water partition coefficient (Wildman–Crippen LogP) is 1.11. The van der Waals surface area contributed by atoms with Crippen LogP contribution in [-0.2, 0) is 20.9 Å². The van der Waals surface area contributed by atoms with Crippen LogP contribution in [0.2, 0.25) is 0 Å². The van der Waals surface area contributed by atoms with Gasteiger partial charge in [-0.1, -0.05) is 0 Å². The average Bonchev–Trinajstić information content (AvgIpc) is 2.70. The second-order valence-corrected chi connectivity index (χ2v) is 4.36. The molecule has 0 atom stereocenters. The van der Waals surface area contributed by atoms with Crippen LogP contribution in [0.15, 0.2) is 12.3 Å². The first-order valence-corrected chi connectivity index (χ1v) is 6.14. The number of amides is 1. The van der Waals surface area contributed by atoms with Crippen LogP contribution in [0.1, 0.15) is 26.7 Å². The highest BCUT2D eigenvalue weighted by Crippen LogP contribution is 2.04. The van der Waals surface area contributed by atoms with Crippen molar-refractivity contribution in [2.24, 2.45) is 0 Å². The average molecular weight is 269 g/mol. The minimum Gasteiger partial charge on any atom is -0.480 e. The standard InChI is InChI=1S/C12H19N3O4/c1-9(2)19-7-3-4-11(16)13-10-5-6-15(14-10)8-12(17)18/h5-6,9H,3-4,7-8H2,1-2H3,(H,17,18)(H,13,14,16). The second-order valence-electron chi connectivity index (χ2n) is 4.36. The monoisotopic (exact) mass is 269 g/mol. The van der Waals surface area contributed by atoms with E-state index in [4.69, 9.17) is 9.84 Å². The van der Waals surface area contributed by atoms with Crippen molar-refractivity contribution in [2.75, 3.05) is 11.9 Å². The summed E-state index contributed by atoms with van der Waals surface area (Å²) in [7, 11) is 0. The number of hydrogen-bond acceptors (Lipinski definition) is 4. The van der Waals surface area contributed by atoms with E-state index in [0.29, 0.717) is 25.3 Å². The zero-order valence-corrected chi connectivity index (χ0v) is 11.1. The van der Waals surface area contributed by atoms with E-state index in [1.54, 1.807) is 6.07 Å². The van der Waals surface area contributed by atoms with Crippen LogP contribution in [0.25, 0.3) is 0 Å². The molecule has 0 aliphatic heterocycles. The van der Waals surface area contributed by atoms with Gasteiger partial charge in [0.2, 0.25) is 5.91 Å². The number of nitrogens with one attached hydrogen (secondary N) is 1. The molecule has 7 nitrogen and oxygen atoms in total. The summed E-state index contributed by atoms with van der Waals surface area (Å²) in [6.07, 6.45) is 2.65. The number of anilines is 1.